The molecule has 2 aliphatic rings. The van der Waals surface area contributed by atoms with E-state index in [1.54, 1.807) is 0 Å². The Morgan fingerprint density at radius 2 is 1.96 bits per heavy atom. The molecule has 2 N–H and O–H groups in total. The molecule has 3 rings (SSSR count). The number of rotatable bonds is 4. The fourth-order valence-electron chi connectivity index (χ4n) is 3.48. The van der Waals surface area contributed by atoms with Gasteiger partial charge >= 0.3 is 0 Å². The summed E-state index contributed by atoms with van der Waals surface area (Å²) < 4.78 is 5.77. The van der Waals surface area contributed by atoms with Crippen molar-refractivity contribution in [1.29, 1.82) is 0 Å². The normalized spacial score (nSPS) is 28.7. The number of ether oxygens (including phenoxy) is 1. The van der Waals surface area contributed by atoms with Gasteiger partial charge in [-0.15, -0.1) is 0 Å². The Bertz CT molecular complexity index is 516. The highest BCUT2D eigenvalue weighted by Crippen LogP contribution is 2.15. The van der Waals surface area contributed by atoms with Gasteiger partial charge in [-0.25, -0.2) is 0 Å². The van der Waals surface area contributed by atoms with E-state index in [4.69, 9.17) is 4.74 Å². The molecular formula is C18H27N3O2. The van der Waals surface area contributed by atoms with Crippen LogP contribution in [0.3, 0.4) is 0 Å². The van der Waals surface area contributed by atoms with Gasteiger partial charge in [0.1, 0.15) is 0 Å². The molecule has 0 saturated carbocycles. The van der Waals surface area contributed by atoms with E-state index in [9.17, 15) is 4.79 Å². The van der Waals surface area contributed by atoms with Crippen LogP contribution >= 0.6 is 0 Å². The van der Waals surface area contributed by atoms with E-state index in [2.05, 4.69) is 41.5 Å². The molecule has 5 nitrogen and oxygen atoms in total. The third-order valence-electron chi connectivity index (χ3n) is 4.51. The van der Waals surface area contributed by atoms with Gasteiger partial charge in [0.2, 0.25) is 0 Å². The number of morpholine rings is 1. The Morgan fingerprint density at radius 3 is 2.57 bits per heavy atom. The van der Waals surface area contributed by atoms with Gasteiger partial charge in [-0.3, -0.25) is 9.69 Å². The fourth-order valence-corrected chi connectivity index (χ4v) is 3.48. The zero-order valence-electron chi connectivity index (χ0n) is 14.0. The molecule has 0 radical (unpaired) electrons. The number of amides is 1. The van der Waals surface area contributed by atoms with E-state index >= 15 is 0 Å². The van der Waals surface area contributed by atoms with Crippen molar-refractivity contribution < 1.29 is 9.53 Å². The average molecular weight is 317 g/mol. The van der Waals surface area contributed by atoms with Crippen LogP contribution in [-0.2, 0) is 11.3 Å². The second kappa shape index (κ2) is 7.43. The van der Waals surface area contributed by atoms with Crippen LogP contribution in [0.5, 0.6) is 0 Å². The van der Waals surface area contributed by atoms with Crippen molar-refractivity contribution in [3.63, 3.8) is 0 Å². The van der Waals surface area contributed by atoms with Crippen LogP contribution in [0, 0.1) is 0 Å². The number of hydrogen-bond donors (Lipinski definition) is 2. The second-order valence-electron chi connectivity index (χ2n) is 6.81. The van der Waals surface area contributed by atoms with Crippen LogP contribution < -0.4 is 10.6 Å². The van der Waals surface area contributed by atoms with E-state index in [-0.39, 0.29) is 24.2 Å². The highest BCUT2D eigenvalue weighted by atomic mass is 16.5. The molecule has 0 bridgehead atoms. The fraction of sp³-hybridized carbons (Fsp3) is 0.611. The molecule has 2 aliphatic heterocycles. The summed E-state index contributed by atoms with van der Waals surface area (Å²) >= 11 is 0. The van der Waals surface area contributed by atoms with Gasteiger partial charge in [-0.05, 0) is 44.5 Å². The summed E-state index contributed by atoms with van der Waals surface area (Å²) in [6.45, 7) is 8.93. The van der Waals surface area contributed by atoms with Crippen LogP contribution in [0.2, 0.25) is 0 Å². The Labute approximate surface area is 138 Å². The third kappa shape index (κ3) is 4.53. The van der Waals surface area contributed by atoms with Crippen LogP contribution in [0.25, 0.3) is 0 Å². The summed E-state index contributed by atoms with van der Waals surface area (Å²) in [4.78, 5) is 14.6. The van der Waals surface area contributed by atoms with Gasteiger partial charge in [0.15, 0.2) is 0 Å². The Balaban J connectivity index is 1.55. The predicted molar refractivity (Wildman–Crippen MR) is 90.5 cm³/mol. The van der Waals surface area contributed by atoms with E-state index in [1.807, 2.05) is 12.1 Å². The quantitative estimate of drug-likeness (QED) is 0.881. The molecule has 0 spiro atoms. The molecule has 3 atom stereocenters. The van der Waals surface area contributed by atoms with Gasteiger partial charge in [-0.1, -0.05) is 12.1 Å². The summed E-state index contributed by atoms with van der Waals surface area (Å²) in [5.74, 6) is 0.0267. The van der Waals surface area contributed by atoms with Crippen molar-refractivity contribution in [1.82, 2.24) is 15.5 Å². The molecule has 0 aliphatic carbocycles. The molecule has 1 amide bonds. The average Bonchev–Trinajstić information content (AvgIpc) is 3.00. The number of carbonyl (C=O) groups is 1. The zero-order valence-corrected chi connectivity index (χ0v) is 14.0. The topological polar surface area (TPSA) is 53.6 Å². The number of nitrogens with zero attached hydrogens (tertiary/aromatic N) is 1. The van der Waals surface area contributed by atoms with Crippen molar-refractivity contribution in [3.8, 4) is 0 Å². The van der Waals surface area contributed by atoms with E-state index in [1.165, 1.54) is 5.56 Å². The number of benzene rings is 1. The van der Waals surface area contributed by atoms with Crippen molar-refractivity contribution in [3.05, 3.63) is 35.4 Å². The molecule has 1 aromatic carbocycles. The van der Waals surface area contributed by atoms with Gasteiger partial charge in [0.05, 0.1) is 12.2 Å². The van der Waals surface area contributed by atoms with Gasteiger partial charge in [-0.2, -0.15) is 0 Å². The lowest BCUT2D eigenvalue weighted by molar-refractivity contribution is -0.0704. The maximum atomic E-state index is 12.2. The lowest BCUT2D eigenvalue weighted by Crippen LogP contribution is -2.44. The number of carbonyl (C=O) groups excluding carboxylic acids is 1. The molecular weight excluding hydrogens is 290 g/mol. The van der Waals surface area contributed by atoms with Crippen molar-refractivity contribution in [2.45, 2.75) is 45.1 Å². The van der Waals surface area contributed by atoms with Crippen LogP contribution in [0.4, 0.5) is 0 Å². The molecule has 5 heteroatoms. The minimum atomic E-state index is 0.0267. The maximum Gasteiger partial charge on any atom is 0.251 e. The first-order chi connectivity index (χ1) is 11.1. The standard InChI is InChI=1S/C18H27N3O2/c1-13-10-21(11-14(2)23-13)12-15-3-5-16(6-4-15)18(22)20-17-7-8-19-9-17/h3-6,13-14,17,19H,7-12H2,1-2H3,(H,20,22). The van der Waals surface area contributed by atoms with Gasteiger partial charge in [0, 0.05) is 37.8 Å². The van der Waals surface area contributed by atoms with Crippen molar-refractivity contribution in [2.24, 2.45) is 0 Å². The highest BCUT2D eigenvalue weighted by molar-refractivity contribution is 5.94. The highest BCUT2D eigenvalue weighted by Gasteiger charge is 2.22. The largest absolute Gasteiger partial charge is 0.373 e. The summed E-state index contributed by atoms with van der Waals surface area (Å²) in [5.41, 5.74) is 1.98. The summed E-state index contributed by atoms with van der Waals surface area (Å²) in [7, 11) is 0. The lowest BCUT2D eigenvalue weighted by Gasteiger charge is -2.35. The molecule has 2 heterocycles. The third-order valence-corrected chi connectivity index (χ3v) is 4.51. The molecule has 1 aromatic rings. The first-order valence-electron chi connectivity index (χ1n) is 8.58. The van der Waals surface area contributed by atoms with Crippen molar-refractivity contribution in [2.75, 3.05) is 26.2 Å². The first kappa shape index (κ1) is 16.4. The number of nitrogens with one attached hydrogen (secondary N) is 2. The minimum absolute atomic E-state index is 0.0267. The Kier molecular flexibility index (Phi) is 5.30. The molecule has 0 aromatic heterocycles. The van der Waals surface area contributed by atoms with E-state index < -0.39 is 0 Å². The summed E-state index contributed by atoms with van der Waals surface area (Å²) in [6.07, 6.45) is 1.57. The molecule has 2 saturated heterocycles. The number of hydrogen-bond acceptors (Lipinski definition) is 4. The monoisotopic (exact) mass is 317 g/mol. The minimum Gasteiger partial charge on any atom is -0.373 e. The van der Waals surface area contributed by atoms with E-state index in [0.717, 1.165) is 44.7 Å². The zero-order chi connectivity index (χ0) is 16.2. The Morgan fingerprint density at radius 1 is 1.26 bits per heavy atom. The van der Waals surface area contributed by atoms with Crippen LogP contribution in [-0.4, -0.2) is 55.2 Å². The molecule has 23 heavy (non-hydrogen) atoms. The van der Waals surface area contributed by atoms with Gasteiger partial charge in [0.25, 0.3) is 5.91 Å². The van der Waals surface area contributed by atoms with Crippen LogP contribution in [0.1, 0.15) is 36.2 Å². The van der Waals surface area contributed by atoms with E-state index in [0.29, 0.717) is 0 Å². The molecule has 126 valence electrons. The maximum absolute atomic E-state index is 12.2. The molecule has 3 unspecified atom stereocenters. The predicted octanol–water partition coefficient (Wildman–Crippen LogP) is 1.39. The van der Waals surface area contributed by atoms with Gasteiger partial charge < -0.3 is 15.4 Å². The summed E-state index contributed by atoms with van der Waals surface area (Å²) in [6, 6.07) is 8.25. The van der Waals surface area contributed by atoms with Crippen molar-refractivity contribution >= 4 is 5.91 Å². The molecule has 2 fully saturated rings. The smallest absolute Gasteiger partial charge is 0.251 e. The SMILES string of the molecule is CC1CN(Cc2ccc(C(=O)NC3CCNC3)cc2)CC(C)O1. The van der Waals surface area contributed by atoms with Crippen LogP contribution in [0.15, 0.2) is 24.3 Å². The first-order valence-corrected chi connectivity index (χ1v) is 8.58. The summed E-state index contributed by atoms with van der Waals surface area (Å²) in [5, 5.41) is 6.34. The lowest BCUT2D eigenvalue weighted by atomic mass is 10.1. The second-order valence-corrected chi connectivity index (χ2v) is 6.81. The Hall–Kier alpha value is -1.43.